The molecule has 1 saturated heterocycles. The normalized spacial score (nSPS) is 22.4. The molecule has 1 unspecified atom stereocenters. The number of hydrogen-bond acceptors (Lipinski definition) is 5. The third-order valence-corrected chi connectivity index (χ3v) is 6.57. The number of fused-ring (bicyclic) bond motifs is 1. The van der Waals surface area contributed by atoms with Crippen molar-refractivity contribution in [3.8, 4) is 0 Å². The van der Waals surface area contributed by atoms with Gasteiger partial charge in [-0.25, -0.2) is 4.79 Å². The second-order valence-electron chi connectivity index (χ2n) is 8.04. The summed E-state index contributed by atoms with van der Waals surface area (Å²) >= 11 is 3.50. The van der Waals surface area contributed by atoms with E-state index in [0.717, 1.165) is 55.6 Å². The summed E-state index contributed by atoms with van der Waals surface area (Å²) in [7, 11) is 0. The lowest BCUT2D eigenvalue weighted by molar-refractivity contribution is 0.0915. The molecule has 1 aromatic heterocycles. The third kappa shape index (κ3) is 5.24. The number of halogens is 1. The Morgan fingerprint density at radius 1 is 1.14 bits per heavy atom. The summed E-state index contributed by atoms with van der Waals surface area (Å²) in [6, 6.07) is 1.70. The predicted molar refractivity (Wildman–Crippen MR) is 118 cm³/mol. The molecule has 0 bridgehead atoms. The summed E-state index contributed by atoms with van der Waals surface area (Å²) in [5.74, 6) is 1.16. The third-order valence-electron chi connectivity index (χ3n) is 5.94. The molecule has 2 aliphatic carbocycles. The second-order valence-corrected chi connectivity index (χ2v) is 9.06. The van der Waals surface area contributed by atoms with Crippen LogP contribution in [0.15, 0.2) is 44.1 Å². The first kappa shape index (κ1) is 20.5. The van der Waals surface area contributed by atoms with Crippen molar-refractivity contribution in [2.24, 2.45) is 5.92 Å². The van der Waals surface area contributed by atoms with Crippen molar-refractivity contribution in [3.05, 3.63) is 62.2 Å². The van der Waals surface area contributed by atoms with Gasteiger partial charge >= 0.3 is 5.63 Å². The Morgan fingerprint density at radius 2 is 1.93 bits per heavy atom. The van der Waals surface area contributed by atoms with Crippen LogP contribution in [0, 0.1) is 5.92 Å². The Labute approximate surface area is 179 Å². The van der Waals surface area contributed by atoms with Crippen molar-refractivity contribution in [2.75, 3.05) is 39.3 Å². The molecule has 4 rings (SSSR count). The van der Waals surface area contributed by atoms with Gasteiger partial charge in [-0.2, -0.15) is 0 Å². The van der Waals surface area contributed by atoms with E-state index in [4.69, 9.17) is 4.42 Å². The second kappa shape index (κ2) is 9.37. The molecule has 0 spiro atoms. The van der Waals surface area contributed by atoms with Crippen molar-refractivity contribution in [2.45, 2.75) is 25.7 Å². The minimum absolute atomic E-state index is 0.127. The molecule has 1 aromatic rings. The van der Waals surface area contributed by atoms with E-state index in [1.54, 1.807) is 6.07 Å². The van der Waals surface area contributed by atoms with Crippen LogP contribution in [0.25, 0.3) is 6.08 Å². The molecule has 1 fully saturated rings. The van der Waals surface area contributed by atoms with E-state index in [0.29, 0.717) is 31.1 Å². The van der Waals surface area contributed by atoms with Gasteiger partial charge in [-0.1, -0.05) is 40.2 Å². The van der Waals surface area contributed by atoms with Gasteiger partial charge < -0.3 is 14.2 Å². The first-order valence-corrected chi connectivity index (χ1v) is 11.2. The van der Waals surface area contributed by atoms with Gasteiger partial charge in [-0.3, -0.25) is 4.79 Å². The monoisotopic (exact) mass is 458 g/mol. The largest absolute Gasteiger partial charge is 0.427 e. The number of allylic oxidation sites excluding steroid dienone is 4. The number of aryl methyl sites for hydroxylation is 1. The van der Waals surface area contributed by atoms with Gasteiger partial charge in [0.05, 0.1) is 0 Å². The quantitative estimate of drug-likeness (QED) is 0.608. The molecular weight excluding hydrogens is 432 g/mol. The van der Waals surface area contributed by atoms with Crippen molar-refractivity contribution in [3.63, 3.8) is 0 Å². The number of Topliss-reactive ketones (excluding diaryl/α,β-unsaturated/α-hetero) is 1. The Morgan fingerprint density at radius 3 is 2.69 bits per heavy atom. The summed E-state index contributed by atoms with van der Waals surface area (Å²) in [6.45, 7) is 5.79. The van der Waals surface area contributed by atoms with Crippen LogP contribution < -0.4 is 5.63 Å². The average Bonchev–Trinajstić information content (AvgIpc) is 2.73. The molecular formula is C23H27BrN2O3. The van der Waals surface area contributed by atoms with E-state index in [1.165, 1.54) is 0 Å². The van der Waals surface area contributed by atoms with Gasteiger partial charge in [0.1, 0.15) is 11.3 Å². The lowest BCUT2D eigenvalue weighted by Gasteiger charge is -2.36. The predicted octanol–water partition coefficient (Wildman–Crippen LogP) is 3.64. The lowest BCUT2D eigenvalue weighted by atomic mass is 10.00. The Hall–Kier alpha value is -1.76. The van der Waals surface area contributed by atoms with Crippen LogP contribution in [0.1, 0.15) is 40.9 Å². The maximum atomic E-state index is 12.7. The van der Waals surface area contributed by atoms with Crippen LogP contribution in [0.4, 0.5) is 0 Å². The molecule has 1 aliphatic heterocycles. The molecule has 6 heteroatoms. The molecule has 0 amide bonds. The van der Waals surface area contributed by atoms with Crippen LogP contribution in [-0.2, 0) is 6.42 Å². The standard InChI is InChI=1S/C23H27BrN2O3/c24-19-6-7-22-18(14-19)15-20(23(28)29-22)21(27)8-9-25-10-12-26(13-11-25)16-17-4-2-1-3-5-17/h1-4,14-15,17H,5-13,16H2. The fourth-order valence-corrected chi connectivity index (χ4v) is 4.64. The van der Waals surface area contributed by atoms with E-state index in [1.807, 2.05) is 6.08 Å². The Kier molecular flexibility index (Phi) is 6.63. The summed E-state index contributed by atoms with van der Waals surface area (Å²) in [5.41, 5.74) is 0.517. The first-order valence-electron chi connectivity index (χ1n) is 10.4. The highest BCUT2D eigenvalue weighted by atomic mass is 79.9. The number of ketones is 1. The fraction of sp³-hybridized carbons (Fsp3) is 0.478. The highest BCUT2D eigenvalue weighted by molar-refractivity contribution is 9.11. The maximum absolute atomic E-state index is 12.7. The van der Waals surface area contributed by atoms with Gasteiger partial charge in [-0.15, -0.1) is 0 Å². The number of rotatable bonds is 6. The summed E-state index contributed by atoms with van der Waals surface area (Å²) < 4.78 is 6.47. The van der Waals surface area contributed by atoms with Gasteiger partial charge in [-0.05, 0) is 35.4 Å². The highest BCUT2D eigenvalue weighted by Gasteiger charge is 2.22. The van der Waals surface area contributed by atoms with Crippen molar-refractivity contribution in [1.82, 2.24) is 9.80 Å². The molecule has 3 aliphatic rings. The first-order chi connectivity index (χ1) is 14.1. The molecule has 29 heavy (non-hydrogen) atoms. The van der Waals surface area contributed by atoms with Crippen LogP contribution in [0.5, 0.6) is 0 Å². The van der Waals surface area contributed by atoms with Gasteiger partial charge in [0, 0.05) is 57.7 Å². The zero-order valence-electron chi connectivity index (χ0n) is 16.6. The number of hydrogen-bond donors (Lipinski definition) is 0. The summed E-state index contributed by atoms with van der Waals surface area (Å²) in [4.78, 5) is 29.7. The summed E-state index contributed by atoms with van der Waals surface area (Å²) in [5, 5.41) is 0. The highest BCUT2D eigenvalue weighted by Crippen LogP contribution is 2.27. The van der Waals surface area contributed by atoms with E-state index in [9.17, 15) is 9.59 Å². The molecule has 0 aromatic carbocycles. The Balaban J connectivity index is 1.27. The van der Waals surface area contributed by atoms with Crippen molar-refractivity contribution < 1.29 is 9.21 Å². The fourth-order valence-electron chi connectivity index (χ4n) is 4.20. The van der Waals surface area contributed by atoms with E-state index in [2.05, 4.69) is 50.0 Å². The van der Waals surface area contributed by atoms with Crippen molar-refractivity contribution >= 4 is 27.8 Å². The molecule has 1 atom stereocenters. The topological polar surface area (TPSA) is 53.8 Å². The minimum Gasteiger partial charge on any atom is -0.427 e. The molecule has 5 nitrogen and oxygen atoms in total. The minimum atomic E-state index is -0.500. The zero-order chi connectivity index (χ0) is 20.2. The molecule has 2 heterocycles. The molecule has 0 radical (unpaired) electrons. The van der Waals surface area contributed by atoms with E-state index >= 15 is 0 Å². The Bertz CT molecular complexity index is 907. The van der Waals surface area contributed by atoms with E-state index in [-0.39, 0.29) is 11.3 Å². The number of piperazine rings is 1. The van der Waals surface area contributed by atoms with Crippen molar-refractivity contribution in [1.29, 1.82) is 0 Å². The maximum Gasteiger partial charge on any atom is 0.346 e. The summed E-state index contributed by atoms with van der Waals surface area (Å²) in [6.07, 6.45) is 13.7. The van der Waals surface area contributed by atoms with Gasteiger partial charge in [0.15, 0.2) is 5.78 Å². The van der Waals surface area contributed by atoms with Crippen LogP contribution in [-0.4, -0.2) is 54.9 Å². The SMILES string of the molecule is O=C(CCN1CCN(CC2C=CC=CC2)CC1)c1cc2c(oc1=O)CCC(Br)=C2. The zero-order valence-corrected chi connectivity index (χ0v) is 18.2. The van der Waals surface area contributed by atoms with E-state index < -0.39 is 5.63 Å². The van der Waals surface area contributed by atoms with Crippen LogP contribution in [0.3, 0.4) is 0 Å². The van der Waals surface area contributed by atoms with Gasteiger partial charge in [0.25, 0.3) is 0 Å². The lowest BCUT2D eigenvalue weighted by Crippen LogP contribution is -2.48. The smallest absolute Gasteiger partial charge is 0.346 e. The molecule has 154 valence electrons. The van der Waals surface area contributed by atoms with Crippen LogP contribution in [0.2, 0.25) is 0 Å². The van der Waals surface area contributed by atoms with Gasteiger partial charge in [0.2, 0.25) is 0 Å². The number of carbonyl (C=O) groups is 1. The van der Waals surface area contributed by atoms with Crippen LogP contribution >= 0.6 is 15.9 Å². The number of nitrogens with zero attached hydrogens (tertiary/aromatic N) is 2. The molecule has 0 saturated carbocycles. The average molecular weight is 459 g/mol. The number of carbonyl (C=O) groups excluding carboxylic acids is 1. The molecule has 0 N–H and O–H groups in total.